The third-order valence-corrected chi connectivity index (χ3v) is 10.6. The van der Waals surface area contributed by atoms with Crippen molar-refractivity contribution in [1.29, 1.82) is 0 Å². The number of rotatable bonds is 6. The van der Waals surface area contributed by atoms with E-state index in [2.05, 4.69) is 5.32 Å². The number of alkyl halides is 7. The van der Waals surface area contributed by atoms with E-state index in [4.69, 9.17) is 0 Å². The number of carbonyl (C=O) groups excluding carboxylic acids is 1. The van der Waals surface area contributed by atoms with E-state index in [1.54, 1.807) is 0 Å². The van der Waals surface area contributed by atoms with Gasteiger partial charge in [-0.15, -0.1) is 0 Å². The van der Waals surface area contributed by atoms with Gasteiger partial charge >= 0.3 is 18.0 Å². The highest BCUT2D eigenvalue weighted by Gasteiger charge is 2.74. The monoisotopic (exact) mass is 628 g/mol. The van der Waals surface area contributed by atoms with Gasteiger partial charge in [-0.3, -0.25) is 4.79 Å². The standard InChI is InChI=1S/C27H28F8N2O4S/c1-23(2,39)14-36-22(38)18-10-11-24(42(40,41)17-7-5-16(28)6-8-17)19-9-4-15(12-21(19)37(3)13-20(18)24)25(29,26(30,31)32)27(33,34)35/h4-9,12,18,20,39H,10-11,13-14H2,1-3H3,(H,36,38)/t18-,20+,24-/m1/s1. The first-order valence-electron chi connectivity index (χ1n) is 12.8. The molecule has 2 N–H and O–H groups in total. The Bertz CT molecular complexity index is 1450. The van der Waals surface area contributed by atoms with E-state index in [0.717, 1.165) is 30.3 Å². The van der Waals surface area contributed by atoms with Gasteiger partial charge in [0.15, 0.2) is 9.84 Å². The molecule has 2 aromatic rings. The average Bonchev–Trinajstić information content (AvgIpc) is 3.26. The number of benzene rings is 2. The molecule has 1 aliphatic heterocycles. The summed E-state index contributed by atoms with van der Waals surface area (Å²) in [7, 11) is -3.31. The Hall–Kier alpha value is -2.94. The highest BCUT2D eigenvalue weighted by Crippen LogP contribution is 2.61. The molecular formula is C27H28F8N2O4S. The van der Waals surface area contributed by atoms with E-state index >= 15 is 0 Å². The second-order valence-electron chi connectivity index (χ2n) is 11.4. The molecule has 6 nitrogen and oxygen atoms in total. The van der Waals surface area contributed by atoms with Crippen LogP contribution < -0.4 is 10.2 Å². The van der Waals surface area contributed by atoms with Crippen LogP contribution in [0.15, 0.2) is 47.4 Å². The Morgan fingerprint density at radius 1 is 1.02 bits per heavy atom. The number of nitrogens with zero attached hydrogens (tertiary/aromatic N) is 1. The Labute approximate surface area is 236 Å². The summed E-state index contributed by atoms with van der Waals surface area (Å²) in [5.74, 6) is -3.43. The van der Waals surface area contributed by atoms with Crippen LogP contribution in [0, 0.1) is 17.7 Å². The number of aliphatic hydroxyl groups is 1. The van der Waals surface area contributed by atoms with Crippen LogP contribution in [0.1, 0.15) is 37.8 Å². The number of fused-ring (bicyclic) bond motifs is 3. The van der Waals surface area contributed by atoms with Gasteiger partial charge in [0.05, 0.1) is 10.5 Å². The summed E-state index contributed by atoms with van der Waals surface area (Å²) in [4.78, 5) is 14.1. The van der Waals surface area contributed by atoms with Gasteiger partial charge in [0.2, 0.25) is 5.91 Å². The van der Waals surface area contributed by atoms with Crippen molar-refractivity contribution in [2.45, 2.75) is 60.0 Å². The number of amides is 1. The molecule has 1 fully saturated rings. The zero-order chi connectivity index (χ0) is 31.7. The molecule has 1 amide bonds. The molecule has 3 atom stereocenters. The van der Waals surface area contributed by atoms with Crippen molar-refractivity contribution in [1.82, 2.24) is 5.32 Å². The molecule has 42 heavy (non-hydrogen) atoms. The van der Waals surface area contributed by atoms with Crippen LogP contribution in [-0.4, -0.2) is 57.5 Å². The van der Waals surface area contributed by atoms with E-state index in [-0.39, 0.29) is 48.1 Å². The number of halogens is 8. The molecule has 0 radical (unpaired) electrons. The van der Waals surface area contributed by atoms with Crippen LogP contribution in [0.4, 0.5) is 40.8 Å². The van der Waals surface area contributed by atoms with E-state index in [1.807, 2.05) is 0 Å². The van der Waals surface area contributed by atoms with E-state index in [1.165, 1.54) is 25.8 Å². The molecule has 1 aliphatic carbocycles. The van der Waals surface area contributed by atoms with Crippen molar-refractivity contribution in [3.8, 4) is 0 Å². The van der Waals surface area contributed by atoms with Gasteiger partial charge in [-0.2, -0.15) is 26.3 Å². The van der Waals surface area contributed by atoms with Gasteiger partial charge in [0.25, 0.3) is 0 Å². The van der Waals surface area contributed by atoms with Gasteiger partial charge in [-0.05, 0) is 62.6 Å². The minimum atomic E-state index is -6.38. The first-order valence-corrected chi connectivity index (χ1v) is 14.2. The molecule has 232 valence electrons. The fraction of sp³-hybridized carbons (Fsp3) is 0.519. The number of nitrogens with one attached hydrogen (secondary N) is 1. The maximum Gasteiger partial charge on any atom is 0.435 e. The smallest absolute Gasteiger partial charge is 0.389 e. The molecular weight excluding hydrogens is 600 g/mol. The van der Waals surface area contributed by atoms with Crippen LogP contribution in [-0.2, 0) is 25.0 Å². The minimum Gasteiger partial charge on any atom is -0.389 e. The molecule has 1 heterocycles. The Morgan fingerprint density at radius 2 is 1.60 bits per heavy atom. The molecule has 4 rings (SSSR count). The Balaban J connectivity index is 1.94. The lowest BCUT2D eigenvalue weighted by atomic mass is 9.78. The van der Waals surface area contributed by atoms with Crippen molar-refractivity contribution < 1.29 is 53.4 Å². The largest absolute Gasteiger partial charge is 0.435 e. The van der Waals surface area contributed by atoms with Gasteiger partial charge < -0.3 is 15.3 Å². The molecule has 2 aliphatic rings. The quantitative estimate of drug-likeness (QED) is 0.342. The predicted octanol–water partition coefficient (Wildman–Crippen LogP) is 5.15. The maximum atomic E-state index is 15.0. The average molecular weight is 629 g/mol. The first kappa shape index (κ1) is 32.0. The Morgan fingerprint density at radius 3 is 2.12 bits per heavy atom. The van der Waals surface area contributed by atoms with Crippen molar-refractivity contribution >= 4 is 21.4 Å². The molecule has 0 saturated heterocycles. The predicted molar refractivity (Wildman–Crippen MR) is 135 cm³/mol. The van der Waals surface area contributed by atoms with Gasteiger partial charge in [0.1, 0.15) is 10.6 Å². The molecule has 0 unspecified atom stereocenters. The van der Waals surface area contributed by atoms with Crippen LogP contribution in [0.25, 0.3) is 0 Å². The van der Waals surface area contributed by atoms with Crippen molar-refractivity contribution in [3.63, 3.8) is 0 Å². The molecule has 0 spiro atoms. The van der Waals surface area contributed by atoms with Crippen molar-refractivity contribution in [2.24, 2.45) is 11.8 Å². The highest BCUT2D eigenvalue weighted by atomic mass is 32.2. The Kier molecular flexibility index (Phi) is 7.67. The number of hydrogen-bond donors (Lipinski definition) is 2. The summed E-state index contributed by atoms with van der Waals surface area (Å²) in [5, 5.41) is 12.6. The molecule has 0 aromatic heterocycles. The second kappa shape index (κ2) is 10.1. The highest BCUT2D eigenvalue weighted by molar-refractivity contribution is 7.92. The lowest BCUT2D eigenvalue weighted by molar-refractivity contribution is -0.348. The van der Waals surface area contributed by atoms with Crippen molar-refractivity contribution in [2.75, 3.05) is 25.0 Å². The zero-order valence-corrected chi connectivity index (χ0v) is 23.4. The summed E-state index contributed by atoms with van der Waals surface area (Å²) >= 11 is 0. The zero-order valence-electron chi connectivity index (χ0n) is 22.6. The van der Waals surface area contributed by atoms with E-state index in [0.29, 0.717) is 6.07 Å². The fourth-order valence-electron chi connectivity index (χ4n) is 6.04. The lowest BCUT2D eigenvalue weighted by Crippen LogP contribution is -2.53. The van der Waals surface area contributed by atoms with Crippen molar-refractivity contribution in [3.05, 3.63) is 59.4 Å². The van der Waals surface area contributed by atoms with E-state index in [9.17, 15) is 53.4 Å². The SMILES string of the molecule is CN1C[C@H]2[C@H](C(=O)NCC(C)(C)O)CC[C@@]2(S(=O)(=O)c2ccc(F)cc2)c2ccc(C(F)(C(F)(F)F)C(F)(F)F)cc21. The number of carbonyl (C=O) groups is 1. The minimum absolute atomic E-state index is 0.0457. The van der Waals surface area contributed by atoms with Gasteiger partial charge in [-0.1, -0.05) is 12.1 Å². The second-order valence-corrected chi connectivity index (χ2v) is 13.6. The number of anilines is 1. The summed E-state index contributed by atoms with van der Waals surface area (Å²) in [5.41, 5.74) is -9.43. The first-order chi connectivity index (χ1) is 19.1. The molecule has 2 aromatic carbocycles. The van der Waals surface area contributed by atoms with E-state index < -0.39 is 67.3 Å². The molecule has 15 heteroatoms. The lowest BCUT2D eigenvalue weighted by Gasteiger charge is -2.46. The van der Waals surface area contributed by atoms with Crippen LogP contribution in [0.5, 0.6) is 0 Å². The van der Waals surface area contributed by atoms with Crippen LogP contribution in [0.3, 0.4) is 0 Å². The van der Waals surface area contributed by atoms with Crippen LogP contribution in [0.2, 0.25) is 0 Å². The third-order valence-electron chi connectivity index (χ3n) is 8.06. The fourth-order valence-corrected chi connectivity index (χ4v) is 8.44. The summed E-state index contributed by atoms with van der Waals surface area (Å²) in [6.45, 7) is 2.37. The maximum absolute atomic E-state index is 15.0. The summed E-state index contributed by atoms with van der Waals surface area (Å²) < 4.78 is 137. The van der Waals surface area contributed by atoms with Gasteiger partial charge in [-0.25, -0.2) is 17.2 Å². The molecule has 0 bridgehead atoms. The number of hydrogen-bond acceptors (Lipinski definition) is 5. The normalized spacial score (nSPS) is 23.4. The third kappa shape index (κ3) is 4.91. The van der Waals surface area contributed by atoms with Gasteiger partial charge in [0, 0.05) is 43.2 Å². The summed E-state index contributed by atoms with van der Waals surface area (Å²) in [6, 6.07) is 5.05. The summed E-state index contributed by atoms with van der Waals surface area (Å²) in [6.07, 6.45) is -13.1. The molecule has 1 saturated carbocycles. The number of sulfone groups is 1. The topological polar surface area (TPSA) is 86.7 Å². The van der Waals surface area contributed by atoms with Crippen LogP contribution >= 0.6 is 0 Å².